The van der Waals surface area contributed by atoms with Crippen LogP contribution in [0.25, 0.3) is 0 Å². The van der Waals surface area contributed by atoms with Crippen molar-refractivity contribution in [2.45, 2.75) is 12.6 Å². The van der Waals surface area contributed by atoms with Gasteiger partial charge in [-0.15, -0.1) is 0 Å². The zero-order chi connectivity index (χ0) is 8.97. The molecule has 1 rings (SSSR count). The molecule has 0 saturated carbocycles. The van der Waals surface area contributed by atoms with Gasteiger partial charge in [0.1, 0.15) is 6.17 Å². The van der Waals surface area contributed by atoms with Crippen LogP contribution in [0.3, 0.4) is 0 Å². The first-order chi connectivity index (χ1) is 5.74. The SMILES string of the molecule is OC[C@H](F)Cc1ccccc1Br. The molecule has 1 aromatic carbocycles. The molecule has 0 aliphatic carbocycles. The maximum atomic E-state index is 12.7. The van der Waals surface area contributed by atoms with Gasteiger partial charge in [0.2, 0.25) is 0 Å². The van der Waals surface area contributed by atoms with E-state index in [0.717, 1.165) is 10.0 Å². The monoisotopic (exact) mass is 232 g/mol. The fourth-order valence-electron chi connectivity index (χ4n) is 0.967. The molecule has 0 amide bonds. The second-order valence-electron chi connectivity index (χ2n) is 2.58. The summed E-state index contributed by atoms with van der Waals surface area (Å²) in [5.74, 6) is 0. The van der Waals surface area contributed by atoms with Gasteiger partial charge in [-0.05, 0) is 11.6 Å². The molecule has 0 heterocycles. The van der Waals surface area contributed by atoms with Crippen molar-refractivity contribution in [3.63, 3.8) is 0 Å². The average molecular weight is 233 g/mol. The van der Waals surface area contributed by atoms with Crippen LogP contribution in [-0.2, 0) is 6.42 Å². The maximum absolute atomic E-state index is 12.7. The Morgan fingerprint density at radius 3 is 2.67 bits per heavy atom. The fraction of sp³-hybridized carbons (Fsp3) is 0.333. The quantitative estimate of drug-likeness (QED) is 0.849. The Labute approximate surface area is 79.4 Å². The van der Waals surface area contributed by atoms with Crippen molar-refractivity contribution in [1.82, 2.24) is 0 Å². The first-order valence-electron chi connectivity index (χ1n) is 3.72. The Morgan fingerprint density at radius 1 is 1.42 bits per heavy atom. The summed E-state index contributed by atoms with van der Waals surface area (Å²) in [6, 6.07) is 7.43. The van der Waals surface area contributed by atoms with Gasteiger partial charge in [-0.3, -0.25) is 0 Å². The van der Waals surface area contributed by atoms with Gasteiger partial charge in [0.25, 0.3) is 0 Å². The minimum atomic E-state index is -1.16. The van der Waals surface area contributed by atoms with E-state index in [1.54, 1.807) is 0 Å². The summed E-state index contributed by atoms with van der Waals surface area (Å²) < 4.78 is 13.6. The number of benzene rings is 1. The molecule has 1 N–H and O–H groups in total. The summed E-state index contributed by atoms with van der Waals surface area (Å²) in [5, 5.41) is 8.50. The van der Waals surface area contributed by atoms with Gasteiger partial charge >= 0.3 is 0 Å². The summed E-state index contributed by atoms with van der Waals surface area (Å²) >= 11 is 3.31. The van der Waals surface area contributed by atoms with Crippen LogP contribution in [0.15, 0.2) is 28.7 Å². The summed E-state index contributed by atoms with van der Waals surface area (Å²) in [6.45, 7) is -0.415. The molecule has 1 aromatic rings. The summed E-state index contributed by atoms with van der Waals surface area (Å²) in [7, 11) is 0. The zero-order valence-electron chi connectivity index (χ0n) is 6.50. The minimum Gasteiger partial charge on any atom is -0.393 e. The number of hydrogen-bond acceptors (Lipinski definition) is 1. The average Bonchev–Trinajstić information content (AvgIpc) is 2.09. The molecule has 1 atom stereocenters. The van der Waals surface area contributed by atoms with E-state index < -0.39 is 12.8 Å². The highest BCUT2D eigenvalue weighted by Gasteiger charge is 2.07. The lowest BCUT2D eigenvalue weighted by Crippen LogP contribution is -2.09. The molecule has 1 nitrogen and oxygen atoms in total. The van der Waals surface area contributed by atoms with E-state index in [0.29, 0.717) is 0 Å². The Kier molecular flexibility index (Phi) is 3.69. The van der Waals surface area contributed by atoms with Gasteiger partial charge < -0.3 is 5.11 Å². The van der Waals surface area contributed by atoms with Crippen molar-refractivity contribution < 1.29 is 9.50 Å². The van der Waals surface area contributed by atoms with Gasteiger partial charge in [0, 0.05) is 10.9 Å². The molecule has 0 aliphatic rings. The molecule has 0 fully saturated rings. The molecular weight excluding hydrogens is 223 g/mol. The highest BCUT2D eigenvalue weighted by molar-refractivity contribution is 9.10. The standard InChI is InChI=1S/C9H10BrFO/c10-9-4-2-1-3-7(9)5-8(11)6-12/h1-4,8,12H,5-6H2/t8-/m1/s1. The summed E-state index contributed by atoms with van der Waals surface area (Å²) in [6.07, 6.45) is -0.901. The predicted molar refractivity (Wildman–Crippen MR) is 49.8 cm³/mol. The Hall–Kier alpha value is -0.410. The van der Waals surface area contributed by atoms with Crippen LogP contribution in [0.2, 0.25) is 0 Å². The van der Waals surface area contributed by atoms with Crippen molar-refractivity contribution in [1.29, 1.82) is 0 Å². The number of hydrogen-bond donors (Lipinski definition) is 1. The smallest absolute Gasteiger partial charge is 0.127 e. The molecule has 3 heteroatoms. The first kappa shape index (κ1) is 9.68. The molecular formula is C9H10BrFO. The van der Waals surface area contributed by atoms with Crippen LogP contribution >= 0.6 is 15.9 Å². The number of halogens is 2. The third-order valence-corrected chi connectivity index (χ3v) is 2.37. The van der Waals surface area contributed by atoms with E-state index in [1.165, 1.54) is 0 Å². The van der Waals surface area contributed by atoms with Gasteiger partial charge in [0.15, 0.2) is 0 Å². The lowest BCUT2D eigenvalue weighted by atomic mass is 10.1. The molecule has 0 bridgehead atoms. The zero-order valence-corrected chi connectivity index (χ0v) is 8.09. The van der Waals surface area contributed by atoms with Crippen molar-refractivity contribution >= 4 is 15.9 Å². The third-order valence-electron chi connectivity index (χ3n) is 1.60. The molecule has 0 spiro atoms. The highest BCUT2D eigenvalue weighted by Crippen LogP contribution is 2.18. The van der Waals surface area contributed by atoms with E-state index in [2.05, 4.69) is 15.9 Å². The Bertz CT molecular complexity index is 252. The summed E-state index contributed by atoms with van der Waals surface area (Å²) in [4.78, 5) is 0. The Balaban J connectivity index is 2.69. The molecule has 0 saturated heterocycles. The molecule has 12 heavy (non-hydrogen) atoms. The number of alkyl halides is 1. The van der Waals surface area contributed by atoms with Crippen LogP contribution < -0.4 is 0 Å². The molecule has 66 valence electrons. The van der Waals surface area contributed by atoms with E-state index >= 15 is 0 Å². The van der Waals surface area contributed by atoms with Gasteiger partial charge in [-0.25, -0.2) is 4.39 Å². The second kappa shape index (κ2) is 4.58. The molecule has 0 aliphatic heterocycles. The maximum Gasteiger partial charge on any atom is 0.127 e. The Morgan fingerprint density at radius 2 is 2.08 bits per heavy atom. The van der Waals surface area contributed by atoms with Crippen molar-refractivity contribution in [3.05, 3.63) is 34.3 Å². The number of rotatable bonds is 3. The fourth-order valence-corrected chi connectivity index (χ4v) is 1.41. The first-order valence-corrected chi connectivity index (χ1v) is 4.51. The van der Waals surface area contributed by atoms with Crippen molar-refractivity contribution in [3.8, 4) is 0 Å². The molecule has 0 unspecified atom stereocenters. The third kappa shape index (κ3) is 2.57. The lowest BCUT2D eigenvalue weighted by molar-refractivity contribution is 0.177. The van der Waals surface area contributed by atoms with Crippen LogP contribution in [0.4, 0.5) is 4.39 Å². The summed E-state index contributed by atoms with van der Waals surface area (Å²) in [5.41, 5.74) is 0.888. The second-order valence-corrected chi connectivity index (χ2v) is 3.43. The number of aliphatic hydroxyl groups is 1. The minimum absolute atomic E-state index is 0.262. The lowest BCUT2D eigenvalue weighted by Gasteiger charge is -2.05. The van der Waals surface area contributed by atoms with Crippen LogP contribution in [0, 0.1) is 0 Å². The van der Waals surface area contributed by atoms with E-state index in [4.69, 9.17) is 5.11 Å². The van der Waals surface area contributed by atoms with Gasteiger partial charge in [0.05, 0.1) is 6.61 Å². The number of aliphatic hydroxyl groups excluding tert-OH is 1. The largest absolute Gasteiger partial charge is 0.393 e. The van der Waals surface area contributed by atoms with E-state index in [9.17, 15) is 4.39 Å². The van der Waals surface area contributed by atoms with Crippen molar-refractivity contribution in [2.24, 2.45) is 0 Å². The van der Waals surface area contributed by atoms with Gasteiger partial charge in [-0.1, -0.05) is 34.1 Å². The van der Waals surface area contributed by atoms with E-state index in [1.807, 2.05) is 24.3 Å². The van der Waals surface area contributed by atoms with Crippen LogP contribution in [0.1, 0.15) is 5.56 Å². The van der Waals surface area contributed by atoms with E-state index in [-0.39, 0.29) is 6.42 Å². The van der Waals surface area contributed by atoms with Crippen molar-refractivity contribution in [2.75, 3.05) is 6.61 Å². The van der Waals surface area contributed by atoms with Crippen LogP contribution in [-0.4, -0.2) is 17.9 Å². The molecule has 0 aromatic heterocycles. The highest BCUT2D eigenvalue weighted by atomic mass is 79.9. The topological polar surface area (TPSA) is 20.2 Å². The predicted octanol–water partition coefficient (Wildman–Crippen LogP) is 2.32. The normalized spacial score (nSPS) is 12.9. The van der Waals surface area contributed by atoms with Crippen LogP contribution in [0.5, 0.6) is 0 Å². The molecule has 0 radical (unpaired) electrons. The van der Waals surface area contributed by atoms with Gasteiger partial charge in [-0.2, -0.15) is 0 Å².